The molecule has 1 amide bonds. The van der Waals surface area contributed by atoms with Crippen molar-refractivity contribution in [2.75, 3.05) is 12.0 Å². The largest absolute Gasteiger partial charge is 0.494 e. The van der Waals surface area contributed by atoms with Crippen LogP contribution in [0.2, 0.25) is 5.02 Å². The Bertz CT molecular complexity index is 1140. The van der Waals surface area contributed by atoms with E-state index in [1.54, 1.807) is 48.1 Å². The van der Waals surface area contributed by atoms with E-state index < -0.39 is 0 Å². The summed E-state index contributed by atoms with van der Waals surface area (Å²) < 4.78 is 7.79. The molecule has 0 atom stereocenters. The third-order valence-electron chi connectivity index (χ3n) is 4.26. The minimum atomic E-state index is -0.224. The Balaban J connectivity index is 1.82. The van der Waals surface area contributed by atoms with E-state index in [4.69, 9.17) is 16.3 Å². The van der Waals surface area contributed by atoms with Crippen LogP contribution < -0.4 is 9.64 Å². The van der Waals surface area contributed by atoms with E-state index in [1.165, 1.54) is 11.3 Å². The van der Waals surface area contributed by atoms with Crippen molar-refractivity contribution in [2.24, 2.45) is 7.05 Å². The summed E-state index contributed by atoms with van der Waals surface area (Å²) in [5, 5.41) is 5.37. The van der Waals surface area contributed by atoms with Crippen LogP contribution in [0.25, 0.3) is 10.2 Å². The number of hydrogen-bond donors (Lipinski definition) is 0. The van der Waals surface area contributed by atoms with E-state index in [0.717, 1.165) is 10.3 Å². The van der Waals surface area contributed by atoms with Crippen LogP contribution in [0.15, 0.2) is 54.7 Å². The highest BCUT2D eigenvalue weighted by atomic mass is 35.5. The number of rotatable bonds is 5. The van der Waals surface area contributed by atoms with Crippen LogP contribution in [0.3, 0.4) is 0 Å². The van der Waals surface area contributed by atoms with Crippen molar-refractivity contribution in [3.05, 3.63) is 71.0 Å². The van der Waals surface area contributed by atoms with E-state index >= 15 is 0 Å². The average molecular weight is 413 g/mol. The zero-order valence-corrected chi connectivity index (χ0v) is 16.9. The fourth-order valence-electron chi connectivity index (χ4n) is 2.88. The molecule has 28 heavy (non-hydrogen) atoms. The van der Waals surface area contributed by atoms with Gasteiger partial charge in [-0.05, 0) is 23.8 Å². The molecule has 0 aliphatic heterocycles. The van der Waals surface area contributed by atoms with Crippen molar-refractivity contribution in [1.29, 1.82) is 0 Å². The molecule has 0 fully saturated rings. The molecule has 2 aromatic carbocycles. The molecule has 0 spiro atoms. The number of aryl methyl sites for hydroxylation is 1. The molecule has 0 aliphatic rings. The first kappa shape index (κ1) is 18.5. The lowest BCUT2D eigenvalue weighted by Gasteiger charge is -2.19. The molecule has 0 aliphatic carbocycles. The minimum Gasteiger partial charge on any atom is -0.494 e. The van der Waals surface area contributed by atoms with Crippen molar-refractivity contribution >= 4 is 44.2 Å². The van der Waals surface area contributed by atoms with Crippen LogP contribution in [0.1, 0.15) is 16.1 Å². The summed E-state index contributed by atoms with van der Waals surface area (Å²) in [5.41, 5.74) is 1.99. The molecule has 6 nitrogen and oxygen atoms in total. The molecule has 2 aromatic heterocycles. The number of amides is 1. The first-order valence-electron chi connectivity index (χ1n) is 8.55. The Kier molecular flexibility index (Phi) is 5.02. The summed E-state index contributed by atoms with van der Waals surface area (Å²) in [6.45, 7) is 0.371. The number of thiazole rings is 1. The maximum Gasteiger partial charge on any atom is 0.280 e. The van der Waals surface area contributed by atoms with E-state index in [0.29, 0.717) is 33.7 Å². The van der Waals surface area contributed by atoms with Crippen LogP contribution in [-0.4, -0.2) is 27.8 Å². The first-order valence-corrected chi connectivity index (χ1v) is 9.74. The van der Waals surface area contributed by atoms with Crippen molar-refractivity contribution in [3.63, 3.8) is 0 Å². The van der Waals surface area contributed by atoms with E-state index in [9.17, 15) is 4.79 Å². The highest BCUT2D eigenvalue weighted by Gasteiger charge is 2.25. The predicted molar refractivity (Wildman–Crippen MR) is 111 cm³/mol. The normalized spacial score (nSPS) is 11.0. The first-order chi connectivity index (χ1) is 13.6. The number of halogens is 1. The molecule has 4 aromatic rings. The van der Waals surface area contributed by atoms with Crippen LogP contribution in [0.4, 0.5) is 5.13 Å². The number of benzene rings is 2. The summed E-state index contributed by atoms with van der Waals surface area (Å²) in [6, 6.07) is 15.0. The third kappa shape index (κ3) is 3.46. The molecule has 4 rings (SSSR count). The molecular weight excluding hydrogens is 396 g/mol. The fourth-order valence-corrected chi connectivity index (χ4v) is 4.13. The number of anilines is 1. The van der Waals surface area contributed by atoms with Gasteiger partial charge >= 0.3 is 0 Å². The van der Waals surface area contributed by atoms with Gasteiger partial charge < -0.3 is 4.74 Å². The van der Waals surface area contributed by atoms with Gasteiger partial charge in [-0.15, -0.1) is 0 Å². The lowest BCUT2D eigenvalue weighted by molar-refractivity contribution is 0.0979. The molecule has 2 heterocycles. The predicted octanol–water partition coefficient (Wildman–Crippen LogP) is 4.54. The number of fused-ring (bicyclic) bond motifs is 1. The minimum absolute atomic E-state index is 0.224. The highest BCUT2D eigenvalue weighted by molar-refractivity contribution is 7.23. The zero-order chi connectivity index (χ0) is 19.7. The van der Waals surface area contributed by atoms with Crippen molar-refractivity contribution in [1.82, 2.24) is 14.8 Å². The van der Waals surface area contributed by atoms with Gasteiger partial charge in [0.05, 0.1) is 23.4 Å². The average Bonchev–Trinajstić information content (AvgIpc) is 3.34. The van der Waals surface area contributed by atoms with Gasteiger partial charge in [0.15, 0.2) is 10.8 Å². The van der Waals surface area contributed by atoms with Gasteiger partial charge in [0.1, 0.15) is 11.3 Å². The summed E-state index contributed by atoms with van der Waals surface area (Å²) in [4.78, 5) is 19.5. The summed E-state index contributed by atoms with van der Waals surface area (Å²) in [6.07, 6.45) is 1.74. The monoisotopic (exact) mass is 412 g/mol. The maximum atomic E-state index is 13.2. The molecule has 0 saturated carbocycles. The van der Waals surface area contributed by atoms with Crippen molar-refractivity contribution in [3.8, 4) is 5.75 Å². The number of ether oxygens (including phenoxy) is 1. The number of carbonyl (C=O) groups is 1. The van der Waals surface area contributed by atoms with Gasteiger partial charge in [0.25, 0.3) is 5.91 Å². The lowest BCUT2D eigenvalue weighted by Crippen LogP contribution is -2.30. The van der Waals surface area contributed by atoms with Crippen molar-refractivity contribution < 1.29 is 9.53 Å². The second-order valence-corrected chi connectivity index (χ2v) is 7.56. The number of methoxy groups -OCH3 is 1. The summed E-state index contributed by atoms with van der Waals surface area (Å²) in [7, 11) is 3.36. The Labute approximate surface area is 170 Å². The van der Waals surface area contributed by atoms with Crippen LogP contribution in [0, 0.1) is 0 Å². The highest BCUT2D eigenvalue weighted by Crippen LogP contribution is 2.39. The molecule has 0 unspecified atom stereocenters. The van der Waals surface area contributed by atoms with Gasteiger partial charge in [-0.25, -0.2) is 4.98 Å². The van der Waals surface area contributed by atoms with Gasteiger partial charge in [0.2, 0.25) is 0 Å². The smallest absolute Gasteiger partial charge is 0.280 e. The second-order valence-electron chi connectivity index (χ2n) is 6.18. The van der Waals surface area contributed by atoms with Gasteiger partial charge in [-0.2, -0.15) is 5.10 Å². The van der Waals surface area contributed by atoms with Crippen LogP contribution >= 0.6 is 22.9 Å². The van der Waals surface area contributed by atoms with Crippen LogP contribution in [-0.2, 0) is 13.6 Å². The van der Waals surface area contributed by atoms with Gasteiger partial charge in [0, 0.05) is 13.2 Å². The Morgan fingerprint density at radius 2 is 2.00 bits per heavy atom. The fraction of sp³-hybridized carbons (Fsp3) is 0.150. The number of nitrogens with zero attached hydrogens (tertiary/aromatic N) is 4. The molecule has 0 saturated heterocycles. The topological polar surface area (TPSA) is 60.2 Å². The SMILES string of the molecule is COc1ccc(Cl)c2sc(N(Cc3ccccc3)C(=O)c3ccn(C)n3)nc12. The Morgan fingerprint density at radius 1 is 1.21 bits per heavy atom. The van der Waals surface area contributed by atoms with E-state index in [2.05, 4.69) is 10.1 Å². The van der Waals surface area contributed by atoms with E-state index in [-0.39, 0.29) is 5.91 Å². The molecule has 0 bridgehead atoms. The molecule has 0 radical (unpaired) electrons. The quantitative estimate of drug-likeness (QED) is 0.483. The van der Waals surface area contributed by atoms with E-state index in [1.807, 2.05) is 30.3 Å². The van der Waals surface area contributed by atoms with Crippen molar-refractivity contribution in [2.45, 2.75) is 6.54 Å². The Hall–Kier alpha value is -2.90. The van der Waals surface area contributed by atoms with Crippen LogP contribution in [0.5, 0.6) is 5.75 Å². The zero-order valence-electron chi connectivity index (χ0n) is 15.3. The molecular formula is C20H17ClN4O2S. The number of carbonyl (C=O) groups excluding carboxylic acids is 1. The number of aromatic nitrogens is 3. The lowest BCUT2D eigenvalue weighted by atomic mass is 10.2. The summed E-state index contributed by atoms with van der Waals surface area (Å²) in [5.74, 6) is 0.394. The molecule has 8 heteroatoms. The maximum absolute atomic E-state index is 13.2. The summed E-state index contributed by atoms with van der Waals surface area (Å²) >= 11 is 7.72. The van der Waals surface area contributed by atoms with Gasteiger partial charge in [-0.1, -0.05) is 53.3 Å². The number of hydrogen-bond acceptors (Lipinski definition) is 5. The standard InChI is InChI=1S/C20H17ClN4O2S/c1-24-11-10-15(23-24)19(26)25(12-13-6-4-3-5-7-13)20-22-17-16(27-2)9-8-14(21)18(17)28-20/h3-11H,12H2,1-2H3. The Morgan fingerprint density at radius 3 is 2.68 bits per heavy atom. The second kappa shape index (κ2) is 7.61. The molecule has 0 N–H and O–H groups in total. The van der Waals surface area contributed by atoms with Gasteiger partial charge in [-0.3, -0.25) is 14.4 Å². The molecule has 142 valence electrons. The third-order valence-corrected chi connectivity index (χ3v) is 5.80.